The Kier molecular flexibility index (Phi) is 4.67. The van der Waals surface area contributed by atoms with E-state index in [1.807, 2.05) is 20.8 Å². The number of nitrogens with one attached hydrogen (secondary N) is 1. The van der Waals surface area contributed by atoms with Gasteiger partial charge in [0.05, 0.1) is 5.69 Å². The Morgan fingerprint density at radius 2 is 2.10 bits per heavy atom. The Hall–Kier alpha value is -1.41. The van der Waals surface area contributed by atoms with Crippen LogP contribution in [0.4, 0.5) is 13.2 Å². The minimum absolute atomic E-state index is 0.0190. The lowest BCUT2D eigenvalue weighted by Gasteiger charge is -2.15. The molecule has 2 rings (SSSR count). The van der Waals surface area contributed by atoms with E-state index in [0.717, 1.165) is 40.2 Å². The first-order chi connectivity index (χ1) is 9.82. The average molecular weight is 319 g/mol. The lowest BCUT2D eigenvalue weighted by atomic mass is 10.0. The van der Waals surface area contributed by atoms with Gasteiger partial charge in [-0.05, 0) is 20.3 Å². The fourth-order valence-corrected chi connectivity index (χ4v) is 2.92. The summed E-state index contributed by atoms with van der Waals surface area (Å²) in [6.45, 7) is 5.95. The van der Waals surface area contributed by atoms with Gasteiger partial charge in [-0.15, -0.1) is 11.3 Å². The molecule has 2 aromatic rings. The quantitative estimate of drug-likeness (QED) is 0.905. The predicted octanol–water partition coefficient (Wildman–Crippen LogP) is 4.01. The third-order valence-electron chi connectivity index (χ3n) is 3.19. The van der Waals surface area contributed by atoms with Gasteiger partial charge in [0.25, 0.3) is 0 Å². The molecule has 4 nitrogen and oxygen atoms in total. The maximum Gasteiger partial charge on any atom is 0.434 e. The molecular weight excluding hydrogens is 303 g/mol. The van der Waals surface area contributed by atoms with Gasteiger partial charge in [0.2, 0.25) is 0 Å². The van der Waals surface area contributed by atoms with Gasteiger partial charge in [-0.3, -0.25) is 0 Å². The maximum atomic E-state index is 12.5. The van der Waals surface area contributed by atoms with Gasteiger partial charge >= 0.3 is 6.18 Å². The summed E-state index contributed by atoms with van der Waals surface area (Å²) in [5.41, 5.74) is 0.918. The van der Waals surface area contributed by atoms with Crippen LogP contribution in [0, 0.1) is 13.8 Å². The summed E-state index contributed by atoms with van der Waals surface area (Å²) in [6.07, 6.45) is -3.61. The molecule has 2 aromatic heterocycles. The van der Waals surface area contributed by atoms with Crippen LogP contribution in [-0.2, 0) is 12.7 Å². The molecule has 0 saturated heterocycles. The van der Waals surface area contributed by atoms with Crippen LogP contribution in [0.2, 0.25) is 0 Å². The van der Waals surface area contributed by atoms with E-state index in [0.29, 0.717) is 5.01 Å². The van der Waals surface area contributed by atoms with Crippen molar-refractivity contribution >= 4 is 11.3 Å². The summed E-state index contributed by atoms with van der Waals surface area (Å²) in [7, 11) is 0. The molecule has 0 aromatic carbocycles. The normalized spacial score (nSPS) is 13.6. The van der Waals surface area contributed by atoms with Gasteiger partial charge in [-0.1, -0.05) is 12.1 Å². The van der Waals surface area contributed by atoms with Crippen molar-refractivity contribution in [3.8, 4) is 0 Å². The van der Waals surface area contributed by atoms with E-state index in [1.54, 1.807) is 0 Å². The van der Waals surface area contributed by atoms with Crippen LogP contribution in [0.25, 0.3) is 0 Å². The second-order valence-corrected chi connectivity index (χ2v) is 5.65. The van der Waals surface area contributed by atoms with Gasteiger partial charge in [0, 0.05) is 23.5 Å². The first-order valence-corrected chi connectivity index (χ1v) is 7.38. The molecule has 0 saturated carbocycles. The number of thiazole rings is 1. The summed E-state index contributed by atoms with van der Waals surface area (Å²) in [5.74, 6) is 0.724. The topological polar surface area (TPSA) is 51.0 Å². The number of alkyl halides is 3. The van der Waals surface area contributed by atoms with Crippen LogP contribution < -0.4 is 5.32 Å². The first kappa shape index (κ1) is 16.0. The van der Waals surface area contributed by atoms with E-state index in [4.69, 9.17) is 4.52 Å². The molecule has 116 valence electrons. The molecule has 0 spiro atoms. The van der Waals surface area contributed by atoms with Crippen molar-refractivity contribution in [2.75, 3.05) is 0 Å². The molecule has 2 heterocycles. The minimum Gasteiger partial charge on any atom is -0.361 e. The maximum absolute atomic E-state index is 12.5. The Bertz CT molecular complexity index is 587. The Morgan fingerprint density at radius 1 is 1.38 bits per heavy atom. The van der Waals surface area contributed by atoms with Crippen LogP contribution in [0.15, 0.2) is 9.90 Å². The highest BCUT2D eigenvalue weighted by Crippen LogP contribution is 2.30. The molecule has 1 N–H and O–H groups in total. The summed E-state index contributed by atoms with van der Waals surface area (Å²) in [4.78, 5) is 3.61. The highest BCUT2D eigenvalue weighted by atomic mass is 32.1. The zero-order valence-corrected chi connectivity index (χ0v) is 12.7. The zero-order valence-electron chi connectivity index (χ0n) is 11.9. The van der Waals surface area contributed by atoms with Gasteiger partial charge in [0.1, 0.15) is 10.8 Å². The molecule has 0 bridgehead atoms. The van der Waals surface area contributed by atoms with E-state index in [1.165, 1.54) is 0 Å². The lowest BCUT2D eigenvalue weighted by molar-refractivity contribution is -0.140. The Labute approximate surface area is 124 Å². The number of hydrogen-bond donors (Lipinski definition) is 1. The SMILES string of the molecule is CC[C@H](NCc1nc(C(F)(F)F)cs1)c1c(C)noc1C. The number of hydrogen-bond acceptors (Lipinski definition) is 5. The second-order valence-electron chi connectivity index (χ2n) is 4.70. The monoisotopic (exact) mass is 319 g/mol. The Morgan fingerprint density at radius 3 is 2.57 bits per heavy atom. The van der Waals surface area contributed by atoms with E-state index < -0.39 is 11.9 Å². The van der Waals surface area contributed by atoms with Crippen LogP contribution >= 0.6 is 11.3 Å². The van der Waals surface area contributed by atoms with E-state index in [-0.39, 0.29) is 12.6 Å². The van der Waals surface area contributed by atoms with Crippen molar-refractivity contribution in [2.45, 2.75) is 46.0 Å². The third-order valence-corrected chi connectivity index (χ3v) is 4.04. The molecular formula is C13H16F3N3OS. The summed E-state index contributed by atoms with van der Waals surface area (Å²) in [5, 5.41) is 8.56. The summed E-state index contributed by atoms with van der Waals surface area (Å²) in [6, 6.07) is -0.0190. The first-order valence-electron chi connectivity index (χ1n) is 6.50. The summed E-state index contributed by atoms with van der Waals surface area (Å²) >= 11 is 1.00. The van der Waals surface area contributed by atoms with Crippen molar-refractivity contribution in [3.05, 3.63) is 33.1 Å². The van der Waals surface area contributed by atoms with E-state index in [9.17, 15) is 13.2 Å². The fourth-order valence-electron chi connectivity index (χ4n) is 2.17. The van der Waals surface area contributed by atoms with Crippen molar-refractivity contribution in [3.63, 3.8) is 0 Å². The van der Waals surface area contributed by atoms with Crippen molar-refractivity contribution in [1.82, 2.24) is 15.5 Å². The standard InChI is InChI=1S/C13H16F3N3OS/c1-4-9(12-7(2)19-20-8(12)3)17-5-11-18-10(6-21-11)13(14,15)16/h6,9,17H,4-5H2,1-3H3/t9-/m0/s1. The number of nitrogens with zero attached hydrogens (tertiary/aromatic N) is 2. The molecule has 0 aliphatic carbocycles. The highest BCUT2D eigenvalue weighted by Gasteiger charge is 2.33. The predicted molar refractivity (Wildman–Crippen MR) is 73.0 cm³/mol. The molecule has 0 aliphatic rings. The third kappa shape index (κ3) is 3.62. The molecule has 21 heavy (non-hydrogen) atoms. The number of rotatable bonds is 5. The molecule has 8 heteroatoms. The van der Waals surface area contributed by atoms with E-state index in [2.05, 4.69) is 15.5 Å². The van der Waals surface area contributed by atoms with Crippen LogP contribution in [0.1, 0.15) is 47.1 Å². The van der Waals surface area contributed by atoms with Gasteiger partial charge in [-0.25, -0.2) is 4.98 Å². The number of halogens is 3. The second kappa shape index (κ2) is 6.15. The largest absolute Gasteiger partial charge is 0.434 e. The molecule has 0 fully saturated rings. The zero-order chi connectivity index (χ0) is 15.6. The van der Waals surface area contributed by atoms with Crippen LogP contribution in [0.5, 0.6) is 0 Å². The molecule has 0 amide bonds. The van der Waals surface area contributed by atoms with Crippen molar-refractivity contribution in [1.29, 1.82) is 0 Å². The highest BCUT2D eigenvalue weighted by molar-refractivity contribution is 7.09. The van der Waals surface area contributed by atoms with Crippen molar-refractivity contribution in [2.24, 2.45) is 0 Å². The fraction of sp³-hybridized carbons (Fsp3) is 0.538. The Balaban J connectivity index is 2.06. The average Bonchev–Trinajstić information content (AvgIpc) is 3.00. The van der Waals surface area contributed by atoms with Crippen LogP contribution in [0.3, 0.4) is 0 Å². The van der Waals surface area contributed by atoms with Gasteiger partial charge in [0.15, 0.2) is 5.69 Å². The number of aryl methyl sites for hydroxylation is 2. The molecule has 0 radical (unpaired) electrons. The van der Waals surface area contributed by atoms with Crippen molar-refractivity contribution < 1.29 is 17.7 Å². The lowest BCUT2D eigenvalue weighted by Crippen LogP contribution is -2.21. The molecule has 0 aliphatic heterocycles. The van der Waals surface area contributed by atoms with Gasteiger partial charge in [-0.2, -0.15) is 13.2 Å². The minimum atomic E-state index is -4.39. The molecule has 0 unspecified atom stereocenters. The number of aromatic nitrogens is 2. The van der Waals surface area contributed by atoms with Crippen LogP contribution in [-0.4, -0.2) is 10.1 Å². The summed E-state index contributed by atoms with van der Waals surface area (Å²) < 4.78 is 42.6. The molecule has 1 atom stereocenters. The smallest absolute Gasteiger partial charge is 0.361 e. The van der Waals surface area contributed by atoms with E-state index >= 15 is 0 Å². The van der Waals surface area contributed by atoms with Gasteiger partial charge < -0.3 is 9.84 Å².